The molecule has 7 nitrogen and oxygen atoms in total. The van der Waals surface area contributed by atoms with Crippen molar-refractivity contribution in [3.05, 3.63) is 67.0 Å². The van der Waals surface area contributed by atoms with Crippen LogP contribution in [0.4, 0.5) is 5.69 Å². The van der Waals surface area contributed by atoms with Gasteiger partial charge >= 0.3 is 0 Å². The first kappa shape index (κ1) is 23.9. The van der Waals surface area contributed by atoms with E-state index in [0.717, 1.165) is 11.3 Å². The van der Waals surface area contributed by atoms with Gasteiger partial charge < -0.3 is 5.32 Å². The van der Waals surface area contributed by atoms with Gasteiger partial charge in [0.25, 0.3) is 0 Å². The maximum Gasteiger partial charge on any atom is 0.243 e. The molecule has 1 N–H and O–H groups in total. The standard InChI is InChI=1S/C23H26N4O3S2/c1-4-27(5-2)32(29,30)20-13-11-19(12-14-20)26-23(28)17(3)31-22-15-21(24-16-25-22)18-9-7-6-8-10-18/h6-17H,4-5H2,1-3H3,(H,26,28). The molecule has 1 atom stereocenters. The van der Waals surface area contributed by atoms with Gasteiger partial charge in [-0.2, -0.15) is 4.31 Å². The monoisotopic (exact) mass is 470 g/mol. The summed E-state index contributed by atoms with van der Waals surface area (Å²) in [6.45, 7) is 6.20. The Bertz CT molecular complexity index is 1150. The average molecular weight is 471 g/mol. The molecule has 0 saturated heterocycles. The predicted octanol–water partition coefficient (Wildman–Crippen LogP) is 4.29. The number of aromatic nitrogens is 2. The predicted molar refractivity (Wildman–Crippen MR) is 128 cm³/mol. The van der Waals surface area contributed by atoms with E-state index in [-0.39, 0.29) is 10.8 Å². The molecule has 32 heavy (non-hydrogen) atoms. The first-order valence-corrected chi connectivity index (χ1v) is 12.6. The van der Waals surface area contributed by atoms with Crippen molar-refractivity contribution < 1.29 is 13.2 Å². The molecule has 1 heterocycles. The summed E-state index contributed by atoms with van der Waals surface area (Å²) in [5.41, 5.74) is 2.31. The van der Waals surface area contributed by atoms with Gasteiger partial charge in [0.15, 0.2) is 0 Å². The lowest BCUT2D eigenvalue weighted by atomic mass is 10.1. The number of amides is 1. The number of rotatable bonds is 9. The summed E-state index contributed by atoms with van der Waals surface area (Å²) in [6.07, 6.45) is 1.49. The van der Waals surface area contributed by atoms with E-state index in [1.807, 2.05) is 36.4 Å². The van der Waals surface area contributed by atoms with Gasteiger partial charge in [-0.1, -0.05) is 55.9 Å². The minimum atomic E-state index is -3.53. The molecule has 0 aliphatic carbocycles. The first-order valence-electron chi connectivity index (χ1n) is 10.3. The van der Waals surface area contributed by atoms with E-state index in [1.165, 1.54) is 34.5 Å². The van der Waals surface area contributed by atoms with Crippen LogP contribution in [0.15, 0.2) is 76.9 Å². The maximum absolute atomic E-state index is 12.7. The van der Waals surface area contributed by atoms with Crippen molar-refractivity contribution in [2.24, 2.45) is 0 Å². The summed E-state index contributed by atoms with van der Waals surface area (Å²) in [4.78, 5) is 21.4. The normalized spacial score (nSPS) is 12.5. The van der Waals surface area contributed by atoms with Crippen LogP contribution in [0.1, 0.15) is 20.8 Å². The number of thioether (sulfide) groups is 1. The van der Waals surface area contributed by atoms with E-state index in [4.69, 9.17) is 0 Å². The molecule has 0 fully saturated rings. The Balaban J connectivity index is 1.65. The fourth-order valence-corrected chi connectivity index (χ4v) is 5.35. The summed E-state index contributed by atoms with van der Waals surface area (Å²) in [7, 11) is -3.53. The molecule has 0 aliphatic heterocycles. The third-order valence-electron chi connectivity index (χ3n) is 4.84. The van der Waals surface area contributed by atoms with Crippen molar-refractivity contribution in [3.63, 3.8) is 0 Å². The summed E-state index contributed by atoms with van der Waals surface area (Å²) in [5, 5.41) is 3.12. The Morgan fingerprint density at radius 1 is 1.03 bits per heavy atom. The maximum atomic E-state index is 12.7. The number of hydrogen-bond acceptors (Lipinski definition) is 6. The third-order valence-corrected chi connectivity index (χ3v) is 7.94. The molecular formula is C23H26N4O3S2. The first-order chi connectivity index (χ1) is 15.3. The minimum Gasteiger partial charge on any atom is -0.325 e. The second kappa shape index (κ2) is 10.7. The summed E-state index contributed by atoms with van der Waals surface area (Å²) in [5.74, 6) is -0.200. The third kappa shape index (κ3) is 5.73. The largest absolute Gasteiger partial charge is 0.325 e. The number of hydrogen-bond donors (Lipinski definition) is 1. The Morgan fingerprint density at radius 2 is 1.69 bits per heavy atom. The molecule has 0 aliphatic rings. The highest BCUT2D eigenvalue weighted by Gasteiger charge is 2.22. The number of nitrogens with zero attached hydrogens (tertiary/aromatic N) is 3. The molecule has 0 radical (unpaired) electrons. The van der Waals surface area contributed by atoms with E-state index in [9.17, 15) is 13.2 Å². The number of sulfonamides is 1. The van der Waals surface area contributed by atoms with Crippen molar-refractivity contribution in [2.45, 2.75) is 35.9 Å². The Labute approximate surface area is 193 Å². The van der Waals surface area contributed by atoms with Crippen LogP contribution in [0.3, 0.4) is 0 Å². The van der Waals surface area contributed by atoms with Gasteiger partial charge in [0, 0.05) is 24.3 Å². The van der Waals surface area contributed by atoms with Gasteiger partial charge in [0.2, 0.25) is 15.9 Å². The molecule has 0 spiro atoms. The SMILES string of the molecule is CCN(CC)S(=O)(=O)c1ccc(NC(=O)C(C)Sc2cc(-c3ccccc3)ncn2)cc1. The topological polar surface area (TPSA) is 92.3 Å². The molecule has 9 heteroatoms. The zero-order valence-electron chi connectivity index (χ0n) is 18.2. The van der Waals surface area contributed by atoms with Crippen LogP contribution in [0.2, 0.25) is 0 Å². The highest BCUT2D eigenvalue weighted by molar-refractivity contribution is 8.00. The van der Waals surface area contributed by atoms with E-state index in [1.54, 1.807) is 32.9 Å². The van der Waals surface area contributed by atoms with Gasteiger partial charge in [0.05, 0.1) is 15.8 Å². The van der Waals surface area contributed by atoms with Crippen LogP contribution in [0, 0.1) is 0 Å². The fourth-order valence-electron chi connectivity index (χ4n) is 3.07. The van der Waals surface area contributed by atoms with Crippen molar-refractivity contribution in [1.82, 2.24) is 14.3 Å². The van der Waals surface area contributed by atoms with Crippen molar-refractivity contribution in [2.75, 3.05) is 18.4 Å². The van der Waals surface area contributed by atoms with Gasteiger partial charge in [-0.3, -0.25) is 4.79 Å². The minimum absolute atomic E-state index is 0.200. The number of nitrogens with one attached hydrogen (secondary N) is 1. The Hall–Kier alpha value is -2.75. The van der Waals surface area contributed by atoms with E-state index in [0.29, 0.717) is 23.8 Å². The zero-order chi connectivity index (χ0) is 23.1. The molecule has 168 valence electrons. The average Bonchev–Trinajstić information content (AvgIpc) is 2.81. The van der Waals surface area contributed by atoms with Crippen LogP contribution >= 0.6 is 11.8 Å². The molecule has 3 rings (SSSR count). The number of carbonyl (C=O) groups is 1. The quantitative estimate of drug-likeness (QED) is 0.370. The lowest BCUT2D eigenvalue weighted by Crippen LogP contribution is -2.30. The molecule has 1 amide bonds. The number of carbonyl (C=O) groups excluding carboxylic acids is 1. The Kier molecular flexibility index (Phi) is 8.00. The summed E-state index contributed by atoms with van der Waals surface area (Å²) in [6, 6.07) is 17.9. The van der Waals surface area contributed by atoms with Crippen LogP contribution in [0.25, 0.3) is 11.3 Å². The molecule has 2 aromatic carbocycles. The molecule has 0 saturated carbocycles. The van der Waals surface area contributed by atoms with Gasteiger partial charge in [-0.05, 0) is 37.3 Å². The summed E-state index contributed by atoms with van der Waals surface area (Å²) >= 11 is 1.33. The highest BCUT2D eigenvalue weighted by atomic mass is 32.2. The second-order valence-electron chi connectivity index (χ2n) is 6.97. The lowest BCUT2D eigenvalue weighted by molar-refractivity contribution is -0.115. The molecular weight excluding hydrogens is 444 g/mol. The van der Waals surface area contributed by atoms with E-state index >= 15 is 0 Å². The number of benzene rings is 2. The molecule has 0 bridgehead atoms. The van der Waals surface area contributed by atoms with Crippen molar-refractivity contribution in [3.8, 4) is 11.3 Å². The zero-order valence-corrected chi connectivity index (χ0v) is 19.9. The smallest absolute Gasteiger partial charge is 0.243 e. The van der Waals surface area contributed by atoms with Crippen LogP contribution in [-0.2, 0) is 14.8 Å². The molecule has 3 aromatic rings. The Morgan fingerprint density at radius 3 is 2.31 bits per heavy atom. The lowest BCUT2D eigenvalue weighted by Gasteiger charge is -2.18. The van der Waals surface area contributed by atoms with Gasteiger partial charge in [-0.25, -0.2) is 18.4 Å². The van der Waals surface area contributed by atoms with E-state index < -0.39 is 15.3 Å². The van der Waals surface area contributed by atoms with Crippen LogP contribution in [-0.4, -0.2) is 46.9 Å². The van der Waals surface area contributed by atoms with Crippen molar-refractivity contribution in [1.29, 1.82) is 0 Å². The highest BCUT2D eigenvalue weighted by Crippen LogP contribution is 2.26. The van der Waals surface area contributed by atoms with Crippen LogP contribution in [0.5, 0.6) is 0 Å². The second-order valence-corrected chi connectivity index (χ2v) is 10.3. The molecule has 1 unspecified atom stereocenters. The number of anilines is 1. The van der Waals surface area contributed by atoms with Crippen molar-refractivity contribution >= 4 is 33.4 Å². The van der Waals surface area contributed by atoms with Gasteiger partial charge in [-0.15, -0.1) is 0 Å². The molecule has 1 aromatic heterocycles. The van der Waals surface area contributed by atoms with Gasteiger partial charge in [0.1, 0.15) is 11.4 Å². The van der Waals surface area contributed by atoms with Crippen LogP contribution < -0.4 is 5.32 Å². The summed E-state index contributed by atoms with van der Waals surface area (Å²) < 4.78 is 26.6. The van der Waals surface area contributed by atoms with E-state index in [2.05, 4.69) is 15.3 Å². The fraction of sp³-hybridized carbons (Fsp3) is 0.261.